The molecule has 0 radical (unpaired) electrons. The van der Waals surface area contributed by atoms with Gasteiger partial charge in [-0.2, -0.15) is 9.57 Å². The third-order valence-electron chi connectivity index (χ3n) is 5.44. The van der Waals surface area contributed by atoms with E-state index in [4.69, 9.17) is 11.8 Å². The van der Waals surface area contributed by atoms with Crippen LogP contribution >= 0.6 is 0 Å². The number of aryl methyl sites for hydroxylation is 1. The fraction of sp³-hybridized carbons (Fsp3) is 0.348. The highest BCUT2D eigenvalue weighted by Gasteiger charge is 2.38. The van der Waals surface area contributed by atoms with Gasteiger partial charge in [0.2, 0.25) is 15.9 Å². The van der Waals surface area contributed by atoms with Gasteiger partial charge in [-0.1, -0.05) is 18.2 Å². The monoisotopic (exact) mass is 451 g/mol. The van der Waals surface area contributed by atoms with Gasteiger partial charge in [0.05, 0.1) is 29.6 Å². The van der Waals surface area contributed by atoms with E-state index in [1.54, 1.807) is 30.3 Å². The molecule has 2 aromatic carbocycles. The average Bonchev–Trinajstić information content (AvgIpc) is 2.74. The number of nitrogens with zero attached hydrogens (tertiary/aromatic N) is 4. The zero-order valence-electron chi connectivity index (χ0n) is 18.2. The minimum absolute atomic E-state index is 0.101. The first kappa shape index (κ1) is 23.4. The van der Waals surface area contributed by atoms with Gasteiger partial charge in [0.1, 0.15) is 0 Å². The summed E-state index contributed by atoms with van der Waals surface area (Å²) in [5.74, 6) is -0.219. The van der Waals surface area contributed by atoms with Gasteiger partial charge in [0.25, 0.3) is 0 Å². The fourth-order valence-electron chi connectivity index (χ4n) is 4.07. The highest BCUT2D eigenvalue weighted by molar-refractivity contribution is 7.89. The number of carbonyl (C=O) groups excluding carboxylic acids is 1. The summed E-state index contributed by atoms with van der Waals surface area (Å²) in [5, 5.41) is 11.9. The lowest BCUT2D eigenvalue weighted by molar-refractivity contribution is -0.118. The summed E-state index contributed by atoms with van der Waals surface area (Å²) in [6.07, 6.45) is 0. The molecule has 1 aliphatic heterocycles. The molecule has 1 heterocycles. The SMILES string of the molecule is [C-]#[N+]c1cccc(S(=O)(=O)N2C(C)CN(CC(=O)Nc3cc(C#N)ccc3C)CC2C)c1. The summed E-state index contributed by atoms with van der Waals surface area (Å²) >= 11 is 0. The van der Waals surface area contributed by atoms with Gasteiger partial charge in [0, 0.05) is 30.9 Å². The van der Waals surface area contributed by atoms with Crippen LogP contribution < -0.4 is 5.32 Å². The van der Waals surface area contributed by atoms with Crippen molar-refractivity contribution in [2.45, 2.75) is 37.8 Å². The first-order valence-corrected chi connectivity index (χ1v) is 11.6. The largest absolute Gasteiger partial charge is 0.325 e. The Kier molecular flexibility index (Phi) is 6.95. The molecule has 2 aromatic rings. The van der Waals surface area contributed by atoms with Gasteiger partial charge >= 0.3 is 0 Å². The zero-order valence-corrected chi connectivity index (χ0v) is 19.1. The lowest BCUT2D eigenvalue weighted by Crippen LogP contribution is -2.59. The van der Waals surface area contributed by atoms with Crippen molar-refractivity contribution < 1.29 is 13.2 Å². The van der Waals surface area contributed by atoms with Crippen LogP contribution in [-0.2, 0) is 14.8 Å². The highest BCUT2D eigenvalue weighted by Crippen LogP contribution is 2.27. The summed E-state index contributed by atoms with van der Waals surface area (Å²) in [6, 6.07) is 12.5. The Bertz CT molecular complexity index is 1200. The predicted octanol–water partition coefficient (Wildman–Crippen LogP) is 3.14. The molecular weight excluding hydrogens is 426 g/mol. The number of piperazine rings is 1. The molecule has 0 saturated carbocycles. The Hall–Kier alpha value is -3.24. The molecular formula is C23H25N5O3S. The third-order valence-corrected chi connectivity index (χ3v) is 7.57. The molecule has 0 spiro atoms. The number of nitrogens with one attached hydrogen (secondary N) is 1. The van der Waals surface area contributed by atoms with Crippen LogP contribution in [0.5, 0.6) is 0 Å². The Labute approximate surface area is 188 Å². The number of hydrogen-bond donors (Lipinski definition) is 1. The van der Waals surface area contributed by atoms with Crippen LogP contribution in [0.4, 0.5) is 11.4 Å². The number of anilines is 1. The maximum absolute atomic E-state index is 13.2. The second-order valence-corrected chi connectivity index (χ2v) is 9.87. The van der Waals surface area contributed by atoms with Crippen LogP contribution in [0.1, 0.15) is 25.0 Å². The van der Waals surface area contributed by atoms with Crippen molar-refractivity contribution in [2.24, 2.45) is 0 Å². The van der Waals surface area contributed by atoms with Gasteiger partial charge in [-0.25, -0.2) is 13.3 Å². The maximum atomic E-state index is 13.2. The average molecular weight is 452 g/mol. The van der Waals surface area contributed by atoms with Crippen LogP contribution in [0.25, 0.3) is 4.85 Å². The number of hydrogen-bond acceptors (Lipinski definition) is 5. The molecule has 1 aliphatic rings. The van der Waals surface area contributed by atoms with Gasteiger partial charge in [0.15, 0.2) is 5.69 Å². The Balaban J connectivity index is 1.70. The molecule has 9 heteroatoms. The second-order valence-electron chi connectivity index (χ2n) is 8.03. The first-order valence-electron chi connectivity index (χ1n) is 10.2. The van der Waals surface area contributed by atoms with Crippen molar-refractivity contribution in [3.05, 3.63) is 65.0 Å². The highest BCUT2D eigenvalue weighted by atomic mass is 32.2. The molecule has 166 valence electrons. The third kappa shape index (κ3) is 4.97. The van der Waals surface area contributed by atoms with E-state index >= 15 is 0 Å². The molecule has 3 rings (SSSR count). The molecule has 0 aromatic heterocycles. The second kappa shape index (κ2) is 9.49. The minimum Gasteiger partial charge on any atom is -0.325 e. The summed E-state index contributed by atoms with van der Waals surface area (Å²) in [7, 11) is -3.77. The molecule has 2 atom stereocenters. The van der Waals surface area contributed by atoms with Gasteiger partial charge < -0.3 is 5.32 Å². The Morgan fingerprint density at radius 3 is 2.53 bits per heavy atom. The van der Waals surface area contributed by atoms with Crippen molar-refractivity contribution in [1.82, 2.24) is 9.21 Å². The van der Waals surface area contributed by atoms with E-state index in [2.05, 4.69) is 16.2 Å². The van der Waals surface area contributed by atoms with Crippen LogP contribution in [0, 0.1) is 24.8 Å². The molecule has 8 nitrogen and oxygen atoms in total. The summed E-state index contributed by atoms with van der Waals surface area (Å²) < 4.78 is 27.9. The van der Waals surface area contributed by atoms with E-state index in [1.165, 1.54) is 16.4 Å². The van der Waals surface area contributed by atoms with Crippen LogP contribution in [-0.4, -0.2) is 55.2 Å². The molecule has 1 N–H and O–H groups in total. The van der Waals surface area contributed by atoms with Crippen molar-refractivity contribution >= 4 is 27.3 Å². The summed E-state index contributed by atoms with van der Waals surface area (Å²) in [5.41, 5.74) is 2.19. The number of nitriles is 1. The Morgan fingerprint density at radius 2 is 1.91 bits per heavy atom. The van der Waals surface area contributed by atoms with Crippen molar-refractivity contribution in [2.75, 3.05) is 25.0 Å². The molecule has 1 saturated heterocycles. The molecule has 1 amide bonds. The van der Waals surface area contributed by atoms with Gasteiger partial charge in [-0.15, -0.1) is 0 Å². The van der Waals surface area contributed by atoms with Crippen LogP contribution in [0.3, 0.4) is 0 Å². The van der Waals surface area contributed by atoms with Crippen LogP contribution in [0.2, 0.25) is 0 Å². The number of amides is 1. The van der Waals surface area contributed by atoms with E-state index in [1.807, 2.05) is 25.7 Å². The lowest BCUT2D eigenvalue weighted by Gasteiger charge is -2.43. The molecule has 0 bridgehead atoms. The predicted molar refractivity (Wildman–Crippen MR) is 122 cm³/mol. The van der Waals surface area contributed by atoms with E-state index in [-0.39, 0.29) is 35.1 Å². The van der Waals surface area contributed by atoms with E-state index in [0.29, 0.717) is 24.3 Å². The van der Waals surface area contributed by atoms with E-state index in [9.17, 15) is 13.2 Å². The normalized spacial score (nSPS) is 19.7. The fourth-order valence-corrected chi connectivity index (χ4v) is 5.92. The quantitative estimate of drug-likeness (QED) is 0.705. The van der Waals surface area contributed by atoms with Gasteiger partial charge in [-0.05, 0) is 50.6 Å². The summed E-state index contributed by atoms with van der Waals surface area (Å²) in [6.45, 7) is 13.5. The van der Waals surface area contributed by atoms with Crippen LogP contribution in [0.15, 0.2) is 47.4 Å². The maximum Gasteiger partial charge on any atom is 0.242 e. The van der Waals surface area contributed by atoms with Crippen molar-refractivity contribution in [3.63, 3.8) is 0 Å². The minimum atomic E-state index is -3.77. The Morgan fingerprint density at radius 1 is 1.22 bits per heavy atom. The lowest BCUT2D eigenvalue weighted by atomic mass is 10.1. The smallest absolute Gasteiger partial charge is 0.242 e. The molecule has 32 heavy (non-hydrogen) atoms. The van der Waals surface area contributed by atoms with Gasteiger partial charge in [-0.3, -0.25) is 9.69 Å². The number of sulfonamides is 1. The molecule has 0 aliphatic carbocycles. The van der Waals surface area contributed by atoms with E-state index < -0.39 is 10.0 Å². The number of rotatable bonds is 5. The number of benzene rings is 2. The van der Waals surface area contributed by atoms with Crippen molar-refractivity contribution in [1.29, 1.82) is 5.26 Å². The standard InChI is InChI=1S/C23H25N5O3S/c1-16-8-9-19(12-24)10-22(16)26-23(29)15-27-13-17(2)28(18(3)14-27)32(30,31)21-7-5-6-20(11-21)25-4/h5-11,17-18H,13-15H2,1-3H3,(H,26,29). The molecule has 1 fully saturated rings. The van der Waals surface area contributed by atoms with E-state index in [0.717, 1.165) is 5.56 Å². The van der Waals surface area contributed by atoms with Crippen molar-refractivity contribution in [3.8, 4) is 6.07 Å². The molecule has 2 unspecified atom stereocenters. The first-order chi connectivity index (χ1) is 15.1. The summed E-state index contributed by atoms with van der Waals surface area (Å²) in [4.78, 5) is 18.0. The number of carbonyl (C=O) groups is 1. The zero-order chi connectivity index (χ0) is 23.5. The topological polar surface area (TPSA) is 97.9 Å².